The Bertz CT molecular complexity index is 988. The molecular weight excluding hydrogens is 378 g/mol. The van der Waals surface area contributed by atoms with E-state index in [1.165, 1.54) is 6.33 Å². The molecule has 4 rings (SSSR count). The summed E-state index contributed by atoms with van der Waals surface area (Å²) in [5.41, 5.74) is 2.11. The predicted octanol–water partition coefficient (Wildman–Crippen LogP) is 2.52. The minimum Gasteiger partial charge on any atom is -0.340 e. The topological polar surface area (TPSA) is 80.1 Å². The van der Waals surface area contributed by atoms with Crippen LogP contribution in [0.3, 0.4) is 0 Å². The molecule has 142 valence electrons. The fourth-order valence-electron chi connectivity index (χ4n) is 3.30. The summed E-state index contributed by atoms with van der Waals surface area (Å²) in [6.07, 6.45) is 3.60. The summed E-state index contributed by atoms with van der Waals surface area (Å²) < 4.78 is 1.65. The first-order valence-corrected chi connectivity index (χ1v) is 9.28. The van der Waals surface area contributed by atoms with Gasteiger partial charge in [0, 0.05) is 22.8 Å². The van der Waals surface area contributed by atoms with Gasteiger partial charge < -0.3 is 10.2 Å². The van der Waals surface area contributed by atoms with Crippen LogP contribution in [0, 0.1) is 0 Å². The van der Waals surface area contributed by atoms with Gasteiger partial charge in [0.05, 0.1) is 6.54 Å². The second-order valence-corrected chi connectivity index (χ2v) is 6.97. The maximum absolute atomic E-state index is 12.8. The van der Waals surface area contributed by atoms with Crippen molar-refractivity contribution in [3.63, 3.8) is 0 Å². The van der Waals surface area contributed by atoms with Gasteiger partial charge in [-0.25, -0.2) is 9.67 Å². The Labute approximate surface area is 166 Å². The highest BCUT2D eigenvalue weighted by Gasteiger charge is 2.34. The van der Waals surface area contributed by atoms with Gasteiger partial charge in [0.15, 0.2) is 0 Å². The first-order chi connectivity index (χ1) is 13.6. The average molecular weight is 396 g/mol. The molecule has 1 aliphatic rings. The fourth-order valence-corrected chi connectivity index (χ4v) is 3.42. The van der Waals surface area contributed by atoms with Crippen molar-refractivity contribution < 1.29 is 9.59 Å². The zero-order valence-electron chi connectivity index (χ0n) is 15.0. The number of hydrogen-bond donors (Lipinski definition) is 1. The van der Waals surface area contributed by atoms with Crippen LogP contribution in [-0.2, 0) is 11.3 Å². The third-order valence-electron chi connectivity index (χ3n) is 4.71. The van der Waals surface area contributed by atoms with Gasteiger partial charge in [-0.2, -0.15) is 5.10 Å². The lowest BCUT2D eigenvalue weighted by atomic mass is 10.1. The third kappa shape index (κ3) is 3.75. The first kappa shape index (κ1) is 18.2. The van der Waals surface area contributed by atoms with E-state index in [4.69, 9.17) is 11.6 Å². The van der Waals surface area contributed by atoms with E-state index >= 15 is 0 Å². The van der Waals surface area contributed by atoms with E-state index < -0.39 is 6.04 Å². The van der Waals surface area contributed by atoms with E-state index in [9.17, 15) is 9.59 Å². The van der Waals surface area contributed by atoms with Crippen LogP contribution >= 0.6 is 11.6 Å². The molecule has 1 aromatic heterocycles. The number of nitrogens with one attached hydrogen (secondary N) is 1. The number of carbonyl (C=O) groups excluding carboxylic acids is 2. The van der Waals surface area contributed by atoms with E-state index in [1.807, 2.05) is 12.1 Å². The molecular formula is C20H18ClN5O2. The summed E-state index contributed by atoms with van der Waals surface area (Å²) in [6, 6.07) is 13.8. The lowest BCUT2D eigenvalue weighted by Gasteiger charge is -2.18. The second kappa shape index (κ2) is 7.82. The molecule has 28 heavy (non-hydrogen) atoms. The number of halogens is 1. The Morgan fingerprint density at radius 3 is 2.71 bits per heavy atom. The highest BCUT2D eigenvalue weighted by Crippen LogP contribution is 2.23. The average Bonchev–Trinajstić information content (AvgIpc) is 3.33. The van der Waals surface area contributed by atoms with Gasteiger partial charge >= 0.3 is 0 Å². The number of hydrogen-bond acceptors (Lipinski definition) is 4. The Kier molecular flexibility index (Phi) is 5.08. The van der Waals surface area contributed by atoms with E-state index in [0.717, 1.165) is 11.3 Å². The van der Waals surface area contributed by atoms with Crippen LogP contribution in [0.25, 0.3) is 0 Å². The monoisotopic (exact) mass is 395 g/mol. The molecule has 0 bridgehead atoms. The number of anilines is 1. The molecule has 1 atom stereocenters. The van der Waals surface area contributed by atoms with Crippen molar-refractivity contribution in [2.75, 3.05) is 11.4 Å². The van der Waals surface area contributed by atoms with Crippen molar-refractivity contribution in [2.24, 2.45) is 0 Å². The molecule has 1 N–H and O–H groups in total. The molecule has 1 aliphatic heterocycles. The lowest BCUT2D eigenvalue weighted by Crippen LogP contribution is -2.41. The van der Waals surface area contributed by atoms with E-state index in [-0.39, 0.29) is 11.8 Å². The Balaban J connectivity index is 1.47. The van der Waals surface area contributed by atoms with Gasteiger partial charge in [-0.3, -0.25) is 9.59 Å². The molecule has 0 spiro atoms. The minimum atomic E-state index is -0.553. The summed E-state index contributed by atoms with van der Waals surface area (Å²) >= 11 is 5.92. The molecule has 2 aromatic carbocycles. The smallest absolute Gasteiger partial charge is 0.252 e. The molecule has 8 heteroatoms. The van der Waals surface area contributed by atoms with Crippen LogP contribution in [0.5, 0.6) is 0 Å². The maximum Gasteiger partial charge on any atom is 0.252 e. The fraction of sp³-hybridized carbons (Fsp3) is 0.200. The molecule has 7 nitrogen and oxygen atoms in total. The van der Waals surface area contributed by atoms with Crippen molar-refractivity contribution in [2.45, 2.75) is 19.0 Å². The van der Waals surface area contributed by atoms with Gasteiger partial charge in [0.2, 0.25) is 5.91 Å². The highest BCUT2D eigenvalue weighted by atomic mass is 35.5. The molecule has 1 fully saturated rings. The third-order valence-corrected chi connectivity index (χ3v) is 4.96. The Morgan fingerprint density at radius 1 is 1.18 bits per heavy atom. The summed E-state index contributed by atoms with van der Waals surface area (Å²) in [5.74, 6) is -0.392. The van der Waals surface area contributed by atoms with Crippen LogP contribution in [0.1, 0.15) is 22.3 Å². The predicted molar refractivity (Wildman–Crippen MR) is 105 cm³/mol. The molecule has 2 amide bonds. The van der Waals surface area contributed by atoms with Crippen molar-refractivity contribution in [3.8, 4) is 0 Å². The Hall–Kier alpha value is -3.19. The molecule has 0 aliphatic carbocycles. The quantitative estimate of drug-likeness (QED) is 0.719. The van der Waals surface area contributed by atoms with Gasteiger partial charge in [-0.05, 0) is 42.3 Å². The van der Waals surface area contributed by atoms with Crippen LogP contribution < -0.4 is 10.2 Å². The van der Waals surface area contributed by atoms with Crippen molar-refractivity contribution in [1.82, 2.24) is 20.1 Å². The van der Waals surface area contributed by atoms with E-state index in [1.54, 1.807) is 52.3 Å². The molecule has 0 radical (unpaired) electrons. The van der Waals surface area contributed by atoms with E-state index in [0.29, 0.717) is 30.1 Å². The summed E-state index contributed by atoms with van der Waals surface area (Å²) in [4.78, 5) is 31.2. The number of nitrogens with zero attached hydrogens (tertiary/aromatic N) is 4. The largest absolute Gasteiger partial charge is 0.340 e. The number of amides is 2. The van der Waals surface area contributed by atoms with Crippen molar-refractivity contribution in [3.05, 3.63) is 77.3 Å². The van der Waals surface area contributed by atoms with Gasteiger partial charge in [0.25, 0.3) is 5.91 Å². The zero-order valence-corrected chi connectivity index (χ0v) is 15.7. The van der Waals surface area contributed by atoms with E-state index in [2.05, 4.69) is 15.4 Å². The van der Waals surface area contributed by atoms with Crippen LogP contribution in [0.15, 0.2) is 61.2 Å². The molecule has 0 unspecified atom stereocenters. The van der Waals surface area contributed by atoms with Crippen LogP contribution in [-0.4, -0.2) is 39.2 Å². The number of benzene rings is 2. The number of aromatic nitrogens is 3. The van der Waals surface area contributed by atoms with Crippen LogP contribution in [0.4, 0.5) is 5.69 Å². The SMILES string of the molecule is O=C(N[C@H]1CCN(c2ccc(Cl)cc2)C1=O)c1ccccc1Cn1cncn1. The molecule has 0 saturated carbocycles. The Morgan fingerprint density at radius 2 is 1.96 bits per heavy atom. The van der Waals surface area contributed by atoms with Gasteiger partial charge in [-0.1, -0.05) is 29.8 Å². The zero-order chi connectivity index (χ0) is 19.5. The second-order valence-electron chi connectivity index (χ2n) is 6.53. The summed E-state index contributed by atoms with van der Waals surface area (Å²) in [5, 5.41) is 7.57. The number of rotatable bonds is 5. The standard InChI is InChI=1S/C20H18ClN5O2/c21-15-5-7-16(8-6-15)26-10-9-18(20(26)28)24-19(27)17-4-2-1-3-14(17)11-25-13-22-12-23-25/h1-8,12-13,18H,9-11H2,(H,24,27)/t18-/m0/s1. The minimum absolute atomic E-state index is 0.121. The number of carbonyl (C=O) groups is 2. The summed E-state index contributed by atoms with van der Waals surface area (Å²) in [6.45, 7) is 0.977. The van der Waals surface area contributed by atoms with Crippen molar-refractivity contribution in [1.29, 1.82) is 0 Å². The highest BCUT2D eigenvalue weighted by molar-refractivity contribution is 6.30. The maximum atomic E-state index is 12.8. The summed E-state index contributed by atoms with van der Waals surface area (Å²) in [7, 11) is 0. The van der Waals surface area contributed by atoms with Crippen molar-refractivity contribution >= 4 is 29.1 Å². The molecule has 3 aromatic rings. The lowest BCUT2D eigenvalue weighted by molar-refractivity contribution is -0.118. The van der Waals surface area contributed by atoms with Gasteiger partial charge in [-0.15, -0.1) is 0 Å². The molecule has 1 saturated heterocycles. The molecule has 2 heterocycles. The van der Waals surface area contributed by atoms with Crippen LogP contribution in [0.2, 0.25) is 5.02 Å². The normalized spacial score (nSPS) is 16.4. The first-order valence-electron chi connectivity index (χ1n) is 8.90. The van der Waals surface area contributed by atoms with Gasteiger partial charge in [0.1, 0.15) is 18.7 Å².